The highest BCUT2D eigenvalue weighted by Crippen LogP contribution is 2.61. The van der Waals surface area contributed by atoms with Gasteiger partial charge in [-0.1, -0.05) is 25.6 Å². The number of hydrogen-bond donors (Lipinski definition) is 11. The summed E-state index contributed by atoms with van der Waals surface area (Å²) in [6, 6.07) is 0. The van der Waals surface area contributed by atoms with Gasteiger partial charge in [0.2, 0.25) is 11.8 Å². The van der Waals surface area contributed by atoms with Crippen LogP contribution in [-0.4, -0.2) is 145 Å². The number of fused-ring (bicyclic) bond motifs is 1. The molecule has 316 valence electrons. The van der Waals surface area contributed by atoms with Crippen LogP contribution in [0.3, 0.4) is 0 Å². The number of carboxylic acid groups (broad SMARTS) is 2. The molecule has 0 aromatic carbocycles. The SMILES string of the molecule is CC(C)(COP(=O)(O)OP(=O)(O)OC[C@H]1O[C@@H](n2cnc3c(N)ncnc32)[C@H](O)[C@@H]1OP(=O)(O)O)[C@@H](O)C(=O)NCCC(=O)NCCSC=O.O=C(O)C(=O)O. The maximum Gasteiger partial charge on any atom is 0.481 e. The smallest absolute Gasteiger partial charge is 0.473 e. The Hall–Kier alpha value is -3.50. The van der Waals surface area contributed by atoms with Crippen LogP contribution in [0.25, 0.3) is 11.2 Å². The lowest BCUT2D eigenvalue weighted by atomic mass is 9.87. The van der Waals surface area contributed by atoms with Gasteiger partial charge in [0.25, 0.3) is 0 Å². The summed E-state index contributed by atoms with van der Waals surface area (Å²) in [6.07, 6.45) is -6.88. The number of nitrogens with two attached hydrogens (primary N) is 1. The lowest BCUT2D eigenvalue weighted by Gasteiger charge is -2.30. The van der Waals surface area contributed by atoms with Gasteiger partial charge in [-0.3, -0.25) is 32.5 Å². The number of phosphoric acid groups is 3. The van der Waals surface area contributed by atoms with Gasteiger partial charge in [-0.25, -0.2) is 38.2 Å². The monoisotopic (exact) mass is 885 g/mol. The Morgan fingerprint density at radius 3 is 2.25 bits per heavy atom. The highest BCUT2D eigenvalue weighted by molar-refractivity contribution is 8.11. The molecule has 32 heteroatoms. The number of carbonyl (C=O) groups excluding carboxylic acids is 3. The minimum Gasteiger partial charge on any atom is -0.473 e. The Morgan fingerprint density at radius 1 is 1.04 bits per heavy atom. The molecular formula is C24H38N7O21P3S. The van der Waals surface area contributed by atoms with Crippen molar-refractivity contribution in [2.45, 2.75) is 50.9 Å². The Morgan fingerprint density at radius 2 is 1.66 bits per heavy atom. The van der Waals surface area contributed by atoms with Gasteiger partial charge in [-0.05, 0) is 0 Å². The third-order valence-electron chi connectivity index (χ3n) is 6.87. The molecule has 2 aromatic rings. The van der Waals surface area contributed by atoms with E-state index in [0.29, 0.717) is 11.4 Å². The Kier molecular flexibility index (Phi) is 18.1. The summed E-state index contributed by atoms with van der Waals surface area (Å²) in [5.41, 5.74) is 4.88. The van der Waals surface area contributed by atoms with Crippen molar-refractivity contribution < 1.29 is 100 Å². The molecule has 3 rings (SSSR count). The zero-order chi connectivity index (χ0) is 42.6. The van der Waals surface area contributed by atoms with E-state index in [1.165, 1.54) is 13.8 Å². The van der Waals surface area contributed by atoms with Crippen LogP contribution in [0, 0.1) is 5.41 Å². The average molecular weight is 886 g/mol. The summed E-state index contributed by atoms with van der Waals surface area (Å²) < 4.78 is 61.7. The molecule has 0 radical (unpaired) electrons. The second kappa shape index (κ2) is 20.8. The van der Waals surface area contributed by atoms with Crippen LogP contribution >= 0.6 is 35.2 Å². The van der Waals surface area contributed by atoms with Crippen molar-refractivity contribution in [3.8, 4) is 0 Å². The highest BCUT2D eigenvalue weighted by Gasteiger charge is 2.50. The molecule has 28 nitrogen and oxygen atoms in total. The Bertz CT molecular complexity index is 1850. The number of imidazole rings is 1. The lowest BCUT2D eigenvalue weighted by Crippen LogP contribution is -2.46. The fourth-order valence-corrected chi connectivity index (χ4v) is 7.38. The van der Waals surface area contributed by atoms with Crippen molar-refractivity contribution in [3.05, 3.63) is 12.7 Å². The molecule has 56 heavy (non-hydrogen) atoms. The first-order chi connectivity index (χ1) is 25.8. The summed E-state index contributed by atoms with van der Waals surface area (Å²) in [6.45, 7) is 0.515. The van der Waals surface area contributed by atoms with Gasteiger partial charge in [0, 0.05) is 30.7 Å². The third kappa shape index (κ3) is 15.4. The topological polar surface area (TPSA) is 438 Å². The van der Waals surface area contributed by atoms with Crippen LogP contribution in [0.5, 0.6) is 0 Å². The summed E-state index contributed by atoms with van der Waals surface area (Å²) in [5.74, 6) is -4.74. The fraction of sp³-hybridized carbons (Fsp3) is 0.583. The molecule has 1 aliphatic heterocycles. The molecule has 0 aliphatic carbocycles. The first-order valence-corrected chi connectivity index (χ1v) is 20.8. The molecule has 0 saturated carbocycles. The predicted octanol–water partition coefficient (Wildman–Crippen LogP) is -2.52. The van der Waals surface area contributed by atoms with E-state index in [4.69, 9.17) is 39.3 Å². The van der Waals surface area contributed by atoms with Gasteiger partial charge in [0.15, 0.2) is 23.3 Å². The second-order valence-electron chi connectivity index (χ2n) is 11.6. The number of carbonyl (C=O) groups is 5. The number of aliphatic carboxylic acids is 2. The molecule has 1 saturated heterocycles. The number of phosphoric ester groups is 3. The number of anilines is 1. The van der Waals surface area contributed by atoms with Gasteiger partial charge < -0.3 is 61.1 Å². The average Bonchev–Trinajstić information content (AvgIpc) is 3.64. The summed E-state index contributed by atoms with van der Waals surface area (Å²) >= 11 is 0.960. The standard InChI is InChI=1S/C22H36N7O17P3S.C2H2O4/c1-22(2,17(33)20(34)25-4-3-13(31)24-5-6-50-11-30)8-43-49(40,41)46-48(38,39)42-7-12-16(45-47(35,36)37)15(32)21(44-12)29-10-28-14-18(23)26-9-27-19(14)29;3-1(4)2(5)6/h9-12,15-17,21,32-33H,3-8H2,1-2H3,(H,24,31)(H,25,34)(H,38,39)(H,40,41)(H2,23,26,27)(H2,35,36,37);(H,3,4)(H,5,6)/t12-,15-,16-,17+,21-;/m1./s1. The van der Waals surface area contributed by atoms with Gasteiger partial charge >= 0.3 is 35.4 Å². The second-order valence-corrected chi connectivity index (χ2v) is 16.8. The number of hydrogen-bond acceptors (Lipinski definition) is 20. The predicted molar refractivity (Wildman–Crippen MR) is 184 cm³/mol. The number of aliphatic hydroxyl groups is 2. The molecule has 12 N–H and O–H groups in total. The Balaban J connectivity index is 0.00000167. The molecule has 1 aliphatic rings. The number of nitrogens with one attached hydrogen (secondary N) is 2. The van der Waals surface area contributed by atoms with E-state index in [-0.39, 0.29) is 36.5 Å². The summed E-state index contributed by atoms with van der Waals surface area (Å²) in [4.78, 5) is 103. The molecule has 7 atom stereocenters. The molecule has 0 bridgehead atoms. The molecule has 1 fully saturated rings. The van der Waals surface area contributed by atoms with Gasteiger partial charge in [-0.15, -0.1) is 0 Å². The molecule has 3 heterocycles. The minimum atomic E-state index is -5.55. The zero-order valence-corrected chi connectivity index (χ0v) is 32.4. The molecule has 2 aromatic heterocycles. The van der Waals surface area contributed by atoms with Crippen LogP contribution < -0.4 is 16.4 Å². The minimum absolute atomic E-state index is 0.0309. The maximum atomic E-state index is 12.6. The number of aromatic nitrogens is 4. The van der Waals surface area contributed by atoms with Crippen molar-refractivity contribution in [1.82, 2.24) is 30.2 Å². The number of rotatable bonds is 20. The van der Waals surface area contributed by atoms with E-state index >= 15 is 0 Å². The molecule has 2 amide bonds. The number of amides is 2. The number of nitrogens with zero attached hydrogens (tertiary/aromatic N) is 4. The van der Waals surface area contributed by atoms with Crippen LogP contribution in [0.2, 0.25) is 0 Å². The van der Waals surface area contributed by atoms with Crippen molar-refractivity contribution in [2.75, 3.05) is 37.8 Å². The normalized spacial score (nSPS) is 21.1. The summed E-state index contributed by atoms with van der Waals surface area (Å²) in [5, 5.41) is 40.9. The van der Waals surface area contributed by atoms with E-state index in [1.807, 2.05) is 0 Å². The van der Waals surface area contributed by atoms with E-state index in [2.05, 4.69) is 34.4 Å². The Labute approximate surface area is 318 Å². The number of aliphatic hydroxyl groups excluding tert-OH is 2. The summed E-state index contributed by atoms with van der Waals surface area (Å²) in [7, 11) is -16.3. The zero-order valence-electron chi connectivity index (χ0n) is 28.9. The third-order valence-corrected chi connectivity index (χ3v) is 10.5. The van der Waals surface area contributed by atoms with E-state index in [9.17, 15) is 57.9 Å². The number of nitrogen functional groups attached to an aromatic ring is 1. The largest absolute Gasteiger partial charge is 0.481 e. The maximum absolute atomic E-state index is 12.6. The van der Waals surface area contributed by atoms with Gasteiger partial charge in [0.1, 0.15) is 36.3 Å². The van der Waals surface area contributed by atoms with Crippen LogP contribution in [0.1, 0.15) is 26.5 Å². The van der Waals surface area contributed by atoms with Crippen molar-refractivity contribution in [1.29, 1.82) is 0 Å². The number of carboxylic acids is 2. The number of ether oxygens (including phenoxy) is 1. The van der Waals surface area contributed by atoms with Crippen LogP contribution in [-0.2, 0) is 60.3 Å². The quantitative estimate of drug-likeness (QED) is 0.0283. The van der Waals surface area contributed by atoms with Gasteiger partial charge in [0.05, 0.1) is 19.5 Å². The molecule has 0 spiro atoms. The molecular weight excluding hydrogens is 847 g/mol. The fourth-order valence-electron chi connectivity index (χ4n) is 4.24. The van der Waals surface area contributed by atoms with E-state index in [1.54, 1.807) is 0 Å². The van der Waals surface area contributed by atoms with E-state index < -0.39 is 96.5 Å². The highest BCUT2D eigenvalue weighted by atomic mass is 32.2. The van der Waals surface area contributed by atoms with Crippen molar-refractivity contribution in [2.24, 2.45) is 5.41 Å². The lowest BCUT2D eigenvalue weighted by molar-refractivity contribution is -0.159. The molecule has 2 unspecified atom stereocenters. The van der Waals surface area contributed by atoms with Gasteiger partial charge in [-0.2, -0.15) is 4.31 Å². The first-order valence-electron chi connectivity index (χ1n) is 15.2. The van der Waals surface area contributed by atoms with Crippen molar-refractivity contribution in [3.63, 3.8) is 0 Å². The van der Waals surface area contributed by atoms with Crippen molar-refractivity contribution >= 4 is 81.6 Å². The van der Waals surface area contributed by atoms with Crippen LogP contribution in [0.15, 0.2) is 12.7 Å². The number of thioether (sulfide) groups is 1. The van der Waals surface area contributed by atoms with Crippen LogP contribution in [0.4, 0.5) is 5.82 Å². The van der Waals surface area contributed by atoms with E-state index in [0.717, 1.165) is 29.0 Å². The first kappa shape index (κ1) is 48.6.